The molecule has 48 valence electrons. The van der Waals surface area contributed by atoms with Crippen molar-refractivity contribution in [2.45, 2.75) is 0 Å². The van der Waals surface area contributed by atoms with E-state index in [4.69, 9.17) is 19.8 Å². The van der Waals surface area contributed by atoms with Gasteiger partial charge in [-0.1, -0.05) is 0 Å². The molecule has 0 bridgehead atoms. The van der Waals surface area contributed by atoms with Crippen molar-refractivity contribution >= 4 is 20.7 Å². The summed E-state index contributed by atoms with van der Waals surface area (Å²) in [4.78, 5) is 33.7. The van der Waals surface area contributed by atoms with E-state index in [2.05, 4.69) is 0 Å². The van der Waals surface area contributed by atoms with Crippen LogP contribution in [0, 0.1) is 0 Å². The van der Waals surface area contributed by atoms with E-state index in [0.717, 1.165) is 0 Å². The Hall–Kier alpha value is -0.155. The van der Waals surface area contributed by atoms with E-state index < -0.39 is 20.7 Å². The second-order valence-corrected chi connectivity index (χ2v) is 3.25. The van der Waals surface area contributed by atoms with Gasteiger partial charge in [0.2, 0.25) is 0 Å². The van der Waals surface area contributed by atoms with Gasteiger partial charge in [0.25, 0.3) is 0 Å². The van der Waals surface area contributed by atoms with Gasteiger partial charge < -0.3 is 0 Å². The molecule has 7 heteroatoms. The Balaban J connectivity index is 3.55. The molecule has 0 unspecified atom stereocenters. The molecule has 0 heterocycles. The van der Waals surface area contributed by atoms with Gasteiger partial charge in [0.05, 0.1) is 0 Å². The zero-order valence-electron chi connectivity index (χ0n) is 3.90. The van der Waals surface area contributed by atoms with Crippen molar-refractivity contribution in [3.05, 3.63) is 0 Å². The summed E-state index contributed by atoms with van der Waals surface area (Å²) in [6, 6.07) is 0. The molecule has 0 saturated carbocycles. The predicted molar refractivity (Wildman–Crippen MR) is 30.1 cm³/mol. The fourth-order valence-electron chi connectivity index (χ4n) is 0.203. The molecule has 0 fully saturated rings. The minimum atomic E-state index is -4.32. The van der Waals surface area contributed by atoms with Gasteiger partial charge in [-0.2, -0.15) is 0 Å². The van der Waals surface area contributed by atoms with E-state index in [-0.39, 0.29) is 0 Å². The molecule has 4 N–H and O–H groups in total. The van der Waals surface area contributed by atoms with Crippen molar-refractivity contribution in [2.24, 2.45) is 0 Å². The van der Waals surface area contributed by atoms with E-state index in [1.54, 1.807) is 0 Å². The summed E-state index contributed by atoms with van der Waals surface area (Å²) in [5, 5.41) is 7.80. The van der Waals surface area contributed by atoms with Crippen LogP contribution in [0.25, 0.3) is 0 Å². The van der Waals surface area contributed by atoms with Crippen molar-refractivity contribution in [2.75, 3.05) is 0 Å². The first kappa shape index (κ1) is 7.84. The number of carboxylic acid groups (broad SMARTS) is 1. The van der Waals surface area contributed by atoms with Crippen molar-refractivity contribution in [1.82, 2.24) is 0 Å². The van der Waals surface area contributed by atoms with Crippen LogP contribution in [-0.2, 0) is 0 Å². The molecular formula is CH6BO5P. The molecule has 0 spiro atoms. The van der Waals surface area contributed by atoms with E-state index >= 15 is 0 Å². The molecule has 0 aromatic heterocycles. The van der Waals surface area contributed by atoms with E-state index in [9.17, 15) is 4.79 Å². The average molecular weight is 140 g/mol. The third-order valence-electron chi connectivity index (χ3n) is 0.388. The summed E-state index contributed by atoms with van der Waals surface area (Å²) in [5.41, 5.74) is 0. The molecule has 0 rings (SSSR count). The van der Waals surface area contributed by atoms with Crippen LogP contribution in [0.2, 0.25) is 0 Å². The summed E-state index contributed by atoms with van der Waals surface area (Å²) >= 11 is 0. The fourth-order valence-corrected chi connectivity index (χ4v) is 0.609. The number of hydrogen-bond donors (Lipinski definition) is 4. The maximum absolute atomic E-state index is 9.57. The summed E-state index contributed by atoms with van der Waals surface area (Å²) < 4.78 is 0. The minimum absolute atomic E-state index is 0.951. The van der Waals surface area contributed by atoms with Gasteiger partial charge in [-0.15, -0.1) is 0 Å². The Morgan fingerprint density at radius 2 is 1.75 bits per heavy atom. The summed E-state index contributed by atoms with van der Waals surface area (Å²) in [6.45, 7) is -0.951. The van der Waals surface area contributed by atoms with Gasteiger partial charge in [0.15, 0.2) is 0 Å². The Bertz CT molecular complexity index is 95.1. The summed E-state index contributed by atoms with van der Waals surface area (Å²) in [5.74, 6) is -1.41. The SMILES string of the molecule is O=C(O)B[PH](O)(O)O. The van der Waals surface area contributed by atoms with Crippen LogP contribution in [0.1, 0.15) is 0 Å². The molecule has 0 radical (unpaired) electrons. The van der Waals surface area contributed by atoms with Gasteiger partial charge in [-0.05, 0) is 0 Å². The summed E-state index contributed by atoms with van der Waals surface area (Å²) in [6.07, 6.45) is 0. The van der Waals surface area contributed by atoms with Gasteiger partial charge in [-0.3, -0.25) is 0 Å². The first-order valence-electron chi connectivity index (χ1n) is 1.81. The van der Waals surface area contributed by atoms with Crippen LogP contribution in [0.4, 0.5) is 4.79 Å². The Morgan fingerprint density at radius 3 is 1.75 bits per heavy atom. The molecule has 8 heavy (non-hydrogen) atoms. The quantitative estimate of drug-likeness (QED) is 0.276. The topological polar surface area (TPSA) is 98.0 Å². The molecular weight excluding hydrogens is 134 g/mol. The van der Waals surface area contributed by atoms with Crippen LogP contribution in [0.5, 0.6) is 0 Å². The number of rotatable bonds is 2. The summed E-state index contributed by atoms with van der Waals surface area (Å²) in [7, 11) is -4.32. The molecule has 0 aliphatic rings. The van der Waals surface area contributed by atoms with Crippen molar-refractivity contribution in [1.29, 1.82) is 0 Å². The van der Waals surface area contributed by atoms with Crippen molar-refractivity contribution in [3.63, 3.8) is 0 Å². The molecule has 0 atom stereocenters. The van der Waals surface area contributed by atoms with Crippen LogP contribution >= 0.6 is 7.82 Å². The molecule has 5 nitrogen and oxygen atoms in total. The zero-order chi connectivity index (χ0) is 6.78. The van der Waals surface area contributed by atoms with E-state index in [1.807, 2.05) is 0 Å². The van der Waals surface area contributed by atoms with Gasteiger partial charge in [0.1, 0.15) is 0 Å². The average Bonchev–Trinajstić information content (AvgIpc) is 1.21. The third-order valence-corrected chi connectivity index (χ3v) is 1.17. The second kappa shape index (κ2) is 2.41. The number of hydrogen-bond acceptors (Lipinski definition) is 4. The van der Waals surface area contributed by atoms with Gasteiger partial charge in [0, 0.05) is 0 Å². The van der Waals surface area contributed by atoms with Crippen LogP contribution in [-0.4, -0.2) is 32.7 Å². The van der Waals surface area contributed by atoms with Crippen molar-refractivity contribution in [3.8, 4) is 0 Å². The first-order valence-corrected chi connectivity index (χ1v) is 3.85. The Kier molecular flexibility index (Phi) is 2.37. The van der Waals surface area contributed by atoms with E-state index in [1.165, 1.54) is 0 Å². The third kappa shape index (κ3) is 5.84. The molecule has 0 aliphatic carbocycles. The monoisotopic (exact) mass is 140 g/mol. The fraction of sp³-hybridized carbons (Fsp3) is 0. The molecule has 0 aliphatic heterocycles. The maximum atomic E-state index is 9.57. The molecule has 0 aromatic rings. The van der Waals surface area contributed by atoms with Crippen LogP contribution < -0.4 is 0 Å². The van der Waals surface area contributed by atoms with Crippen LogP contribution in [0.3, 0.4) is 0 Å². The van der Waals surface area contributed by atoms with E-state index in [0.29, 0.717) is 0 Å². The standard InChI is InChI=1S/CH6BO5P/c3-1(4)2-8(5,6)7/h2,5-8H,(H,3,4). The normalized spacial score (nSPS) is 12.9. The van der Waals surface area contributed by atoms with Gasteiger partial charge >= 0.3 is 45.3 Å². The molecule has 0 amide bonds. The Morgan fingerprint density at radius 1 is 1.38 bits per heavy atom. The van der Waals surface area contributed by atoms with Crippen LogP contribution in [0.15, 0.2) is 0 Å². The first-order chi connectivity index (χ1) is 3.42. The van der Waals surface area contributed by atoms with Gasteiger partial charge in [-0.25, -0.2) is 0 Å². The molecule has 0 saturated heterocycles. The Labute approximate surface area is 46.4 Å². The second-order valence-electron chi connectivity index (χ2n) is 1.34. The number of carbonyl (C=O) groups is 1. The molecule has 0 aromatic carbocycles. The predicted octanol–water partition coefficient (Wildman–Crippen LogP) is -1.51. The van der Waals surface area contributed by atoms with Crippen molar-refractivity contribution < 1.29 is 24.6 Å². The zero-order valence-corrected chi connectivity index (χ0v) is 4.90.